The summed E-state index contributed by atoms with van der Waals surface area (Å²) in [5.74, 6) is -0.176. The first-order valence-electron chi connectivity index (χ1n) is 6.30. The van der Waals surface area contributed by atoms with E-state index in [9.17, 15) is 9.70 Å². The van der Waals surface area contributed by atoms with E-state index < -0.39 is 5.91 Å². The molecule has 0 N–H and O–H groups in total. The molecule has 0 spiro atoms. The molecule has 17 heavy (non-hydrogen) atoms. The van der Waals surface area contributed by atoms with Crippen LogP contribution in [0.15, 0.2) is 23.4 Å². The Morgan fingerprint density at radius 2 is 2.12 bits per heavy atom. The third-order valence-electron chi connectivity index (χ3n) is 4.20. The second kappa shape index (κ2) is 4.06. The van der Waals surface area contributed by atoms with E-state index in [0.717, 1.165) is 24.8 Å². The van der Waals surface area contributed by atoms with Gasteiger partial charge in [-0.15, -0.1) is 4.91 Å². The smallest absolute Gasteiger partial charge is 0.268 e. The summed E-state index contributed by atoms with van der Waals surface area (Å²) in [6.07, 6.45) is 5.38. The highest BCUT2D eigenvalue weighted by Gasteiger charge is 2.34. The summed E-state index contributed by atoms with van der Waals surface area (Å²) in [6.45, 7) is 0. The summed E-state index contributed by atoms with van der Waals surface area (Å²) < 4.78 is 0. The first-order valence-corrected chi connectivity index (χ1v) is 6.30. The molecule has 3 rings (SSSR count). The fourth-order valence-electron chi connectivity index (χ4n) is 3.47. The van der Waals surface area contributed by atoms with Crippen LogP contribution in [0.4, 0.5) is 0 Å². The van der Waals surface area contributed by atoms with Gasteiger partial charge in [-0.3, -0.25) is 4.79 Å². The second-order valence-electron chi connectivity index (χ2n) is 5.07. The first kappa shape index (κ1) is 10.6. The molecular formula is C14H15NO2. The number of aryl methyl sites for hydroxylation is 1. The van der Waals surface area contributed by atoms with Crippen molar-refractivity contribution in [2.75, 3.05) is 0 Å². The summed E-state index contributed by atoms with van der Waals surface area (Å²) >= 11 is 0. The zero-order chi connectivity index (χ0) is 11.8. The molecule has 0 fully saturated rings. The molecule has 0 saturated carbocycles. The molecule has 2 aliphatic rings. The SMILES string of the molecule is O=NC(=O)C1CCC2CCCc3cccc1c32. The normalized spacial score (nSPS) is 26.1. The van der Waals surface area contributed by atoms with E-state index in [0.29, 0.717) is 5.92 Å². The molecule has 2 atom stereocenters. The highest BCUT2D eigenvalue weighted by atomic mass is 16.3. The van der Waals surface area contributed by atoms with Crippen LogP contribution in [0.1, 0.15) is 54.2 Å². The number of amides is 1. The van der Waals surface area contributed by atoms with Gasteiger partial charge in [-0.25, -0.2) is 0 Å². The molecule has 3 nitrogen and oxygen atoms in total. The highest BCUT2D eigenvalue weighted by molar-refractivity contribution is 5.85. The number of carbonyl (C=O) groups is 1. The average Bonchev–Trinajstić information content (AvgIpc) is 2.39. The minimum atomic E-state index is -0.498. The van der Waals surface area contributed by atoms with Gasteiger partial charge in [0.25, 0.3) is 5.91 Å². The van der Waals surface area contributed by atoms with Gasteiger partial charge in [-0.1, -0.05) is 18.2 Å². The first-order chi connectivity index (χ1) is 8.31. The predicted molar refractivity (Wildman–Crippen MR) is 64.9 cm³/mol. The van der Waals surface area contributed by atoms with E-state index in [2.05, 4.69) is 11.2 Å². The van der Waals surface area contributed by atoms with Crippen molar-refractivity contribution in [1.82, 2.24) is 0 Å². The van der Waals surface area contributed by atoms with Crippen LogP contribution in [0, 0.1) is 4.91 Å². The van der Waals surface area contributed by atoms with E-state index in [1.54, 1.807) is 0 Å². The van der Waals surface area contributed by atoms with Gasteiger partial charge in [0, 0.05) is 5.18 Å². The number of hydrogen-bond donors (Lipinski definition) is 0. The van der Waals surface area contributed by atoms with E-state index >= 15 is 0 Å². The number of rotatable bonds is 1. The minimum Gasteiger partial charge on any atom is -0.268 e. The van der Waals surface area contributed by atoms with Crippen molar-refractivity contribution < 1.29 is 4.79 Å². The molecule has 1 amide bonds. The summed E-state index contributed by atoms with van der Waals surface area (Å²) in [5, 5.41) is 2.62. The Labute approximate surface area is 100 Å². The van der Waals surface area contributed by atoms with Gasteiger partial charge in [-0.05, 0) is 54.7 Å². The van der Waals surface area contributed by atoms with Crippen LogP contribution in [-0.2, 0) is 11.2 Å². The Hall–Kier alpha value is -1.51. The Balaban J connectivity index is 2.12. The zero-order valence-corrected chi connectivity index (χ0v) is 9.69. The van der Waals surface area contributed by atoms with E-state index in [1.807, 2.05) is 12.1 Å². The lowest BCUT2D eigenvalue weighted by Crippen LogP contribution is -2.23. The Morgan fingerprint density at radius 3 is 2.94 bits per heavy atom. The summed E-state index contributed by atoms with van der Waals surface area (Å²) in [6, 6.07) is 6.17. The van der Waals surface area contributed by atoms with Gasteiger partial charge in [-0.2, -0.15) is 0 Å². The predicted octanol–water partition coefficient (Wildman–Crippen LogP) is 3.28. The van der Waals surface area contributed by atoms with E-state index in [1.165, 1.54) is 24.0 Å². The van der Waals surface area contributed by atoms with Crippen LogP contribution in [0.3, 0.4) is 0 Å². The van der Waals surface area contributed by atoms with Crippen LogP contribution < -0.4 is 0 Å². The molecule has 3 heteroatoms. The number of hydrogen-bond acceptors (Lipinski definition) is 2. The molecule has 0 radical (unpaired) electrons. The number of nitrogens with zero attached hydrogens (tertiary/aromatic N) is 1. The molecule has 2 aliphatic carbocycles. The third-order valence-corrected chi connectivity index (χ3v) is 4.20. The van der Waals surface area contributed by atoms with Gasteiger partial charge in [0.2, 0.25) is 0 Å². The Kier molecular flexibility index (Phi) is 2.54. The standard InChI is InChI=1S/C14H15NO2/c16-14(15-17)12-8-7-10-4-1-3-9-5-2-6-11(12)13(9)10/h2,5-6,10,12H,1,3-4,7-8H2. The van der Waals surface area contributed by atoms with Crippen LogP contribution in [0.2, 0.25) is 0 Å². The molecule has 0 saturated heterocycles. The average molecular weight is 229 g/mol. The van der Waals surface area contributed by atoms with Crippen molar-refractivity contribution in [3.05, 3.63) is 39.8 Å². The second-order valence-corrected chi connectivity index (χ2v) is 5.07. The van der Waals surface area contributed by atoms with Gasteiger partial charge in [0.05, 0.1) is 5.92 Å². The van der Waals surface area contributed by atoms with Crippen molar-refractivity contribution in [2.24, 2.45) is 5.18 Å². The topological polar surface area (TPSA) is 46.5 Å². The number of nitroso groups, excluding NO2 is 1. The Morgan fingerprint density at radius 1 is 1.24 bits per heavy atom. The lowest BCUT2D eigenvalue weighted by atomic mass is 9.70. The maximum absolute atomic E-state index is 11.6. The van der Waals surface area contributed by atoms with Gasteiger partial charge < -0.3 is 0 Å². The zero-order valence-electron chi connectivity index (χ0n) is 9.69. The van der Waals surface area contributed by atoms with E-state index in [-0.39, 0.29) is 5.92 Å². The molecule has 0 aromatic heterocycles. The third kappa shape index (κ3) is 1.61. The number of carbonyl (C=O) groups excluding carboxylic acids is 1. The van der Waals surface area contributed by atoms with E-state index in [4.69, 9.17) is 0 Å². The van der Waals surface area contributed by atoms with Crippen LogP contribution in [-0.4, -0.2) is 5.91 Å². The largest absolute Gasteiger partial charge is 0.293 e. The molecule has 0 heterocycles. The van der Waals surface area contributed by atoms with Crippen molar-refractivity contribution in [3.8, 4) is 0 Å². The molecule has 0 aliphatic heterocycles. The van der Waals surface area contributed by atoms with Crippen LogP contribution in [0.5, 0.6) is 0 Å². The maximum atomic E-state index is 11.6. The quantitative estimate of drug-likeness (QED) is 0.694. The van der Waals surface area contributed by atoms with Crippen LogP contribution >= 0.6 is 0 Å². The molecule has 88 valence electrons. The molecule has 2 unspecified atom stereocenters. The number of benzene rings is 1. The van der Waals surface area contributed by atoms with Gasteiger partial charge in [0.1, 0.15) is 0 Å². The molecular weight excluding hydrogens is 214 g/mol. The fraction of sp³-hybridized carbons (Fsp3) is 0.500. The fourth-order valence-corrected chi connectivity index (χ4v) is 3.47. The highest BCUT2D eigenvalue weighted by Crippen LogP contribution is 2.45. The van der Waals surface area contributed by atoms with Crippen molar-refractivity contribution in [1.29, 1.82) is 0 Å². The van der Waals surface area contributed by atoms with Crippen LogP contribution in [0.25, 0.3) is 0 Å². The van der Waals surface area contributed by atoms with Crippen molar-refractivity contribution in [3.63, 3.8) is 0 Å². The summed E-state index contributed by atoms with van der Waals surface area (Å²) in [7, 11) is 0. The summed E-state index contributed by atoms with van der Waals surface area (Å²) in [4.78, 5) is 22.0. The van der Waals surface area contributed by atoms with Gasteiger partial charge in [0.15, 0.2) is 0 Å². The summed E-state index contributed by atoms with van der Waals surface area (Å²) in [5.41, 5.74) is 3.80. The molecule has 1 aromatic rings. The van der Waals surface area contributed by atoms with Crippen molar-refractivity contribution in [2.45, 2.75) is 43.9 Å². The molecule has 1 aromatic carbocycles. The minimum absolute atomic E-state index is 0.281. The lowest BCUT2D eigenvalue weighted by molar-refractivity contribution is -0.119. The Bertz CT molecular complexity index is 481. The van der Waals surface area contributed by atoms with Crippen molar-refractivity contribution >= 4 is 5.91 Å². The van der Waals surface area contributed by atoms with Gasteiger partial charge >= 0.3 is 0 Å². The molecule has 0 bridgehead atoms. The lowest BCUT2D eigenvalue weighted by Gasteiger charge is -2.34. The monoisotopic (exact) mass is 229 g/mol. The maximum Gasteiger partial charge on any atom is 0.293 e.